The molecule has 2 heterocycles. The fraction of sp³-hybridized carbons (Fsp3) is 0.625. The van der Waals surface area contributed by atoms with Gasteiger partial charge in [0.25, 0.3) is 0 Å². The number of hydrogen-bond donors (Lipinski definition) is 0. The van der Waals surface area contributed by atoms with Crippen molar-refractivity contribution in [1.82, 2.24) is 19.8 Å². The minimum absolute atomic E-state index is 0.898. The van der Waals surface area contributed by atoms with Crippen LogP contribution in [-0.2, 0) is 5.75 Å². The van der Waals surface area contributed by atoms with Crippen LogP contribution in [-0.4, -0.2) is 25.6 Å². The van der Waals surface area contributed by atoms with Crippen LogP contribution in [0.2, 0.25) is 0 Å². The van der Waals surface area contributed by atoms with Gasteiger partial charge < -0.3 is 0 Å². The summed E-state index contributed by atoms with van der Waals surface area (Å²) in [6.45, 7) is 4.17. The molecule has 0 amide bonds. The van der Waals surface area contributed by atoms with Gasteiger partial charge in [0.1, 0.15) is 5.01 Å². The highest BCUT2D eigenvalue weighted by atomic mass is 32.2. The quantitative estimate of drug-likeness (QED) is 0.752. The normalized spacial score (nSPS) is 11.3. The van der Waals surface area contributed by atoms with Crippen molar-refractivity contribution in [3.63, 3.8) is 0 Å². The zero-order valence-corrected chi connectivity index (χ0v) is 9.86. The summed E-state index contributed by atoms with van der Waals surface area (Å²) in [5, 5.41) is 13.6. The Balaban J connectivity index is 2.16. The fourth-order valence-electron chi connectivity index (χ4n) is 1.15. The lowest BCUT2D eigenvalue weighted by Gasteiger charge is -1.94. The Hall–Kier alpha value is -0.620. The van der Waals surface area contributed by atoms with E-state index in [1.54, 1.807) is 11.3 Å². The van der Waals surface area contributed by atoms with E-state index in [2.05, 4.69) is 22.2 Å². The Morgan fingerprint density at radius 1 is 1.43 bits per heavy atom. The van der Waals surface area contributed by atoms with Crippen LogP contribution in [0.5, 0.6) is 0 Å². The number of nitrogens with zero attached hydrogens (tertiary/aromatic N) is 4. The molecule has 0 spiro atoms. The number of aryl methyl sites for hydroxylation is 1. The highest BCUT2D eigenvalue weighted by Crippen LogP contribution is 2.16. The highest BCUT2D eigenvalue weighted by Gasteiger charge is 2.08. The summed E-state index contributed by atoms with van der Waals surface area (Å²) in [4.78, 5) is 0.898. The summed E-state index contributed by atoms with van der Waals surface area (Å²) in [6, 6.07) is 0. The number of fused-ring (bicyclic) bond motifs is 1. The highest BCUT2D eigenvalue weighted by molar-refractivity contribution is 7.98. The van der Waals surface area contributed by atoms with E-state index in [1.807, 2.05) is 23.2 Å². The SMILES string of the molecule is CCCSCc1nnc2sc(C)nn12. The zero-order valence-electron chi connectivity index (χ0n) is 8.23. The molecule has 2 aromatic rings. The van der Waals surface area contributed by atoms with Crippen LogP contribution in [0.25, 0.3) is 4.96 Å². The summed E-state index contributed by atoms with van der Waals surface area (Å²) in [7, 11) is 0. The van der Waals surface area contributed by atoms with Crippen LogP contribution >= 0.6 is 23.1 Å². The Morgan fingerprint density at radius 2 is 2.29 bits per heavy atom. The Kier molecular flexibility index (Phi) is 3.02. The van der Waals surface area contributed by atoms with Gasteiger partial charge in [-0.05, 0) is 19.1 Å². The van der Waals surface area contributed by atoms with E-state index in [0.717, 1.165) is 27.3 Å². The van der Waals surface area contributed by atoms with Crippen LogP contribution in [0.15, 0.2) is 0 Å². The second kappa shape index (κ2) is 4.27. The van der Waals surface area contributed by atoms with E-state index in [4.69, 9.17) is 0 Å². The van der Waals surface area contributed by atoms with Crippen molar-refractivity contribution in [2.75, 3.05) is 5.75 Å². The maximum atomic E-state index is 4.35. The molecule has 4 nitrogen and oxygen atoms in total. The first-order valence-corrected chi connectivity index (χ1v) is 6.54. The molecule has 0 aromatic carbocycles. The van der Waals surface area contributed by atoms with E-state index in [0.29, 0.717) is 0 Å². The van der Waals surface area contributed by atoms with Crippen LogP contribution in [0, 0.1) is 6.92 Å². The molecule has 0 radical (unpaired) electrons. The summed E-state index contributed by atoms with van der Waals surface area (Å²) in [5.74, 6) is 3.03. The monoisotopic (exact) mass is 228 g/mol. The van der Waals surface area contributed by atoms with Gasteiger partial charge >= 0.3 is 0 Å². The Bertz CT molecular complexity index is 420. The molecule has 76 valence electrons. The zero-order chi connectivity index (χ0) is 9.97. The van der Waals surface area contributed by atoms with Crippen molar-refractivity contribution in [2.24, 2.45) is 0 Å². The topological polar surface area (TPSA) is 43.1 Å². The van der Waals surface area contributed by atoms with Crippen molar-refractivity contribution < 1.29 is 0 Å². The molecule has 0 unspecified atom stereocenters. The average Bonchev–Trinajstić information content (AvgIpc) is 2.66. The Morgan fingerprint density at radius 3 is 3.07 bits per heavy atom. The number of thioether (sulfide) groups is 1. The summed E-state index contributed by atoms with van der Waals surface area (Å²) in [5.41, 5.74) is 0. The van der Waals surface area contributed by atoms with E-state index < -0.39 is 0 Å². The van der Waals surface area contributed by atoms with Gasteiger partial charge in [0, 0.05) is 0 Å². The van der Waals surface area contributed by atoms with Crippen molar-refractivity contribution in [3.05, 3.63) is 10.8 Å². The third kappa shape index (κ3) is 1.90. The minimum atomic E-state index is 0.898. The molecule has 0 N–H and O–H groups in total. The van der Waals surface area contributed by atoms with Gasteiger partial charge in [0.05, 0.1) is 5.75 Å². The van der Waals surface area contributed by atoms with E-state index in [-0.39, 0.29) is 0 Å². The van der Waals surface area contributed by atoms with Crippen molar-refractivity contribution in [2.45, 2.75) is 26.0 Å². The summed E-state index contributed by atoms with van der Waals surface area (Å²) < 4.78 is 1.85. The largest absolute Gasteiger partial charge is 0.234 e. The van der Waals surface area contributed by atoms with Crippen LogP contribution < -0.4 is 0 Å². The van der Waals surface area contributed by atoms with Crippen molar-refractivity contribution >= 4 is 28.1 Å². The maximum Gasteiger partial charge on any atom is 0.234 e. The van der Waals surface area contributed by atoms with E-state index >= 15 is 0 Å². The fourth-order valence-corrected chi connectivity index (χ4v) is 2.65. The maximum absolute atomic E-state index is 4.35. The summed E-state index contributed by atoms with van der Waals surface area (Å²) in [6.07, 6.45) is 1.20. The lowest BCUT2D eigenvalue weighted by molar-refractivity contribution is 0.868. The van der Waals surface area contributed by atoms with E-state index in [1.165, 1.54) is 6.42 Å². The lowest BCUT2D eigenvalue weighted by atomic mass is 10.6. The van der Waals surface area contributed by atoms with Gasteiger partial charge in [0.15, 0.2) is 5.82 Å². The molecule has 0 aliphatic heterocycles. The second-order valence-corrected chi connectivity index (χ2v) is 5.25. The van der Waals surface area contributed by atoms with Crippen molar-refractivity contribution in [1.29, 1.82) is 0 Å². The van der Waals surface area contributed by atoms with Crippen LogP contribution in [0.1, 0.15) is 24.2 Å². The van der Waals surface area contributed by atoms with Crippen LogP contribution in [0.4, 0.5) is 0 Å². The van der Waals surface area contributed by atoms with Gasteiger partial charge in [-0.3, -0.25) is 0 Å². The Labute approximate surface area is 90.7 Å². The molecule has 0 aliphatic carbocycles. The van der Waals surface area contributed by atoms with E-state index in [9.17, 15) is 0 Å². The van der Waals surface area contributed by atoms with Gasteiger partial charge in [-0.25, -0.2) is 0 Å². The van der Waals surface area contributed by atoms with Gasteiger partial charge in [-0.2, -0.15) is 21.4 Å². The minimum Gasteiger partial charge on any atom is -0.186 e. The van der Waals surface area contributed by atoms with Gasteiger partial charge in [0.2, 0.25) is 4.96 Å². The number of rotatable bonds is 4. The molecular weight excluding hydrogens is 216 g/mol. The van der Waals surface area contributed by atoms with Gasteiger partial charge in [-0.15, -0.1) is 10.2 Å². The molecule has 0 saturated heterocycles. The predicted molar refractivity (Wildman–Crippen MR) is 59.8 cm³/mol. The molecule has 0 fully saturated rings. The molecule has 6 heteroatoms. The smallest absolute Gasteiger partial charge is 0.186 e. The third-order valence-electron chi connectivity index (χ3n) is 1.74. The first kappa shape index (κ1) is 9.92. The molecule has 2 aromatic heterocycles. The molecule has 0 saturated carbocycles. The molecule has 14 heavy (non-hydrogen) atoms. The first-order chi connectivity index (χ1) is 6.81. The second-order valence-electron chi connectivity index (χ2n) is 2.98. The molecule has 0 bridgehead atoms. The van der Waals surface area contributed by atoms with Crippen LogP contribution in [0.3, 0.4) is 0 Å². The standard InChI is InChI=1S/C8H12N4S2/c1-3-4-13-5-7-9-10-8-12(7)11-6(2)14-8/h3-5H2,1-2H3. The summed E-state index contributed by atoms with van der Waals surface area (Å²) >= 11 is 3.46. The molecular formula is C8H12N4S2. The first-order valence-electron chi connectivity index (χ1n) is 4.56. The van der Waals surface area contributed by atoms with Gasteiger partial charge in [-0.1, -0.05) is 18.3 Å². The number of aromatic nitrogens is 4. The number of hydrogen-bond acceptors (Lipinski definition) is 5. The molecule has 0 aliphatic rings. The predicted octanol–water partition coefficient (Wildman–Crippen LogP) is 2.14. The average molecular weight is 228 g/mol. The molecule has 2 rings (SSSR count). The van der Waals surface area contributed by atoms with Crippen molar-refractivity contribution in [3.8, 4) is 0 Å². The third-order valence-corrected chi connectivity index (χ3v) is 3.71. The molecule has 0 atom stereocenters. The lowest BCUT2D eigenvalue weighted by Crippen LogP contribution is -1.94.